The lowest BCUT2D eigenvalue weighted by molar-refractivity contribution is 0.259. The van der Waals surface area contributed by atoms with E-state index >= 15 is 0 Å². The molecule has 0 aliphatic heterocycles. The lowest BCUT2D eigenvalue weighted by Crippen LogP contribution is -2.40. The number of rotatable bonds is 5. The third-order valence-electron chi connectivity index (χ3n) is 3.59. The molecule has 0 spiro atoms. The van der Waals surface area contributed by atoms with Crippen LogP contribution in [-0.2, 0) is 0 Å². The molecule has 0 aromatic rings. The van der Waals surface area contributed by atoms with Crippen LogP contribution in [0.15, 0.2) is 0 Å². The van der Waals surface area contributed by atoms with E-state index in [1.807, 2.05) is 0 Å². The van der Waals surface area contributed by atoms with Crippen molar-refractivity contribution in [1.82, 2.24) is 5.32 Å². The van der Waals surface area contributed by atoms with Crippen molar-refractivity contribution in [2.45, 2.75) is 52.0 Å². The highest BCUT2D eigenvalue weighted by Gasteiger charge is 2.31. The van der Waals surface area contributed by atoms with Gasteiger partial charge in [0.1, 0.15) is 0 Å². The molecule has 1 atom stereocenters. The molecule has 3 N–H and O–H groups in total. The fourth-order valence-electron chi connectivity index (χ4n) is 2.25. The smallest absolute Gasteiger partial charge is 0.0162 e. The number of nitrogens with one attached hydrogen (secondary N) is 1. The van der Waals surface area contributed by atoms with Crippen LogP contribution in [0.5, 0.6) is 0 Å². The van der Waals surface area contributed by atoms with E-state index in [0.717, 1.165) is 6.54 Å². The Hall–Kier alpha value is -0.0800. The van der Waals surface area contributed by atoms with Crippen LogP contribution in [0, 0.1) is 5.41 Å². The Morgan fingerprint density at radius 3 is 2.46 bits per heavy atom. The Morgan fingerprint density at radius 1 is 1.38 bits per heavy atom. The van der Waals surface area contributed by atoms with Crippen molar-refractivity contribution in [1.29, 1.82) is 0 Å². The summed E-state index contributed by atoms with van der Waals surface area (Å²) < 4.78 is 0. The van der Waals surface area contributed by atoms with E-state index in [9.17, 15) is 0 Å². The monoisotopic (exact) mass is 184 g/mol. The van der Waals surface area contributed by atoms with E-state index in [4.69, 9.17) is 5.73 Å². The first-order valence-corrected chi connectivity index (χ1v) is 5.66. The first kappa shape index (κ1) is 11.0. The lowest BCUT2D eigenvalue weighted by atomic mass is 9.83. The minimum Gasteiger partial charge on any atom is -0.329 e. The topological polar surface area (TPSA) is 38.0 Å². The summed E-state index contributed by atoms with van der Waals surface area (Å²) in [5.41, 5.74) is 6.18. The van der Waals surface area contributed by atoms with Crippen LogP contribution in [-0.4, -0.2) is 19.1 Å². The van der Waals surface area contributed by atoms with Gasteiger partial charge in [-0.15, -0.1) is 0 Å². The molecule has 0 bridgehead atoms. The molecule has 2 nitrogen and oxygen atoms in total. The number of nitrogens with two attached hydrogens (primary N) is 1. The number of hydrogen-bond acceptors (Lipinski definition) is 2. The Kier molecular flexibility index (Phi) is 4.20. The molecular formula is C11H24N2. The summed E-state index contributed by atoms with van der Waals surface area (Å²) in [4.78, 5) is 0. The van der Waals surface area contributed by atoms with Gasteiger partial charge >= 0.3 is 0 Å². The van der Waals surface area contributed by atoms with E-state index < -0.39 is 0 Å². The summed E-state index contributed by atoms with van der Waals surface area (Å²) in [6, 6.07) is 0.476. The van der Waals surface area contributed by atoms with Gasteiger partial charge in [0.2, 0.25) is 0 Å². The SMILES string of the molecule is CCC1(CNC(C)CN)CCCC1. The zero-order valence-electron chi connectivity index (χ0n) is 9.10. The van der Waals surface area contributed by atoms with Gasteiger partial charge in [0.15, 0.2) is 0 Å². The van der Waals surface area contributed by atoms with E-state index in [0.29, 0.717) is 11.5 Å². The van der Waals surface area contributed by atoms with Crippen molar-refractivity contribution in [2.75, 3.05) is 13.1 Å². The minimum absolute atomic E-state index is 0.476. The predicted molar refractivity (Wildman–Crippen MR) is 57.7 cm³/mol. The molecule has 1 aliphatic carbocycles. The molecule has 0 aromatic carbocycles. The first-order valence-electron chi connectivity index (χ1n) is 5.66. The quantitative estimate of drug-likeness (QED) is 0.685. The molecule has 1 aliphatic rings. The van der Waals surface area contributed by atoms with Gasteiger partial charge in [-0.3, -0.25) is 0 Å². The molecule has 1 saturated carbocycles. The van der Waals surface area contributed by atoms with Crippen molar-refractivity contribution >= 4 is 0 Å². The van der Waals surface area contributed by atoms with E-state index in [2.05, 4.69) is 19.2 Å². The van der Waals surface area contributed by atoms with Gasteiger partial charge in [0.25, 0.3) is 0 Å². The molecule has 1 unspecified atom stereocenters. The predicted octanol–water partition coefficient (Wildman–Crippen LogP) is 1.89. The normalized spacial score (nSPS) is 23.3. The van der Waals surface area contributed by atoms with Crippen molar-refractivity contribution in [3.05, 3.63) is 0 Å². The van der Waals surface area contributed by atoms with Gasteiger partial charge in [-0.2, -0.15) is 0 Å². The second kappa shape index (κ2) is 4.97. The molecule has 1 rings (SSSR count). The van der Waals surface area contributed by atoms with Gasteiger partial charge < -0.3 is 11.1 Å². The van der Waals surface area contributed by atoms with Crippen LogP contribution in [0.25, 0.3) is 0 Å². The second-order valence-electron chi connectivity index (χ2n) is 4.58. The highest BCUT2D eigenvalue weighted by atomic mass is 14.9. The van der Waals surface area contributed by atoms with E-state index in [-0.39, 0.29) is 0 Å². The molecule has 2 heteroatoms. The second-order valence-corrected chi connectivity index (χ2v) is 4.58. The largest absolute Gasteiger partial charge is 0.329 e. The minimum atomic E-state index is 0.476. The van der Waals surface area contributed by atoms with Crippen molar-refractivity contribution in [3.63, 3.8) is 0 Å². The molecule has 0 saturated heterocycles. The van der Waals surface area contributed by atoms with Crippen LogP contribution in [0.1, 0.15) is 46.0 Å². The molecule has 1 fully saturated rings. The summed E-state index contributed by atoms with van der Waals surface area (Å²) in [5.74, 6) is 0. The van der Waals surface area contributed by atoms with Crippen LogP contribution in [0.3, 0.4) is 0 Å². The van der Waals surface area contributed by atoms with Crippen molar-refractivity contribution in [2.24, 2.45) is 11.1 Å². The fourth-order valence-corrected chi connectivity index (χ4v) is 2.25. The van der Waals surface area contributed by atoms with Crippen LogP contribution in [0.4, 0.5) is 0 Å². The van der Waals surface area contributed by atoms with E-state index in [1.54, 1.807) is 0 Å². The molecular weight excluding hydrogens is 160 g/mol. The van der Waals surface area contributed by atoms with Crippen LogP contribution >= 0.6 is 0 Å². The highest BCUT2D eigenvalue weighted by molar-refractivity contribution is 4.86. The van der Waals surface area contributed by atoms with E-state index in [1.165, 1.54) is 38.6 Å². The maximum absolute atomic E-state index is 5.58. The average Bonchev–Trinajstić information content (AvgIpc) is 2.63. The fraction of sp³-hybridized carbons (Fsp3) is 1.00. The maximum atomic E-state index is 5.58. The van der Waals surface area contributed by atoms with Gasteiger partial charge in [-0.25, -0.2) is 0 Å². The molecule has 0 amide bonds. The standard InChI is InChI=1S/C11H24N2/c1-3-11(6-4-5-7-11)9-13-10(2)8-12/h10,13H,3-9,12H2,1-2H3. The summed E-state index contributed by atoms with van der Waals surface area (Å²) in [6.45, 7) is 6.40. The molecule has 0 aromatic heterocycles. The van der Waals surface area contributed by atoms with Crippen molar-refractivity contribution in [3.8, 4) is 0 Å². The summed E-state index contributed by atoms with van der Waals surface area (Å²) in [6.07, 6.45) is 6.98. The van der Waals surface area contributed by atoms with Crippen LogP contribution < -0.4 is 11.1 Å². The zero-order chi connectivity index (χ0) is 9.73. The Bertz CT molecular complexity index is 139. The van der Waals surface area contributed by atoms with Gasteiger partial charge in [0, 0.05) is 19.1 Å². The highest BCUT2D eigenvalue weighted by Crippen LogP contribution is 2.40. The van der Waals surface area contributed by atoms with Gasteiger partial charge in [-0.05, 0) is 31.6 Å². The van der Waals surface area contributed by atoms with Crippen molar-refractivity contribution < 1.29 is 0 Å². The summed E-state index contributed by atoms with van der Waals surface area (Å²) in [7, 11) is 0. The summed E-state index contributed by atoms with van der Waals surface area (Å²) >= 11 is 0. The third kappa shape index (κ3) is 2.96. The Morgan fingerprint density at radius 2 is 2.00 bits per heavy atom. The maximum Gasteiger partial charge on any atom is 0.0162 e. The average molecular weight is 184 g/mol. The van der Waals surface area contributed by atoms with Gasteiger partial charge in [0.05, 0.1) is 0 Å². The lowest BCUT2D eigenvalue weighted by Gasteiger charge is -2.29. The Balaban J connectivity index is 2.31. The molecule has 78 valence electrons. The zero-order valence-corrected chi connectivity index (χ0v) is 9.10. The van der Waals surface area contributed by atoms with Gasteiger partial charge in [-0.1, -0.05) is 19.8 Å². The molecule has 13 heavy (non-hydrogen) atoms. The third-order valence-corrected chi connectivity index (χ3v) is 3.59. The first-order chi connectivity index (χ1) is 6.22. The Labute approximate surface area is 82.3 Å². The van der Waals surface area contributed by atoms with Crippen LogP contribution in [0.2, 0.25) is 0 Å². The molecule has 0 radical (unpaired) electrons. The number of hydrogen-bond donors (Lipinski definition) is 2. The summed E-state index contributed by atoms with van der Waals surface area (Å²) in [5, 5.41) is 3.54. The molecule has 0 heterocycles.